The number of carbonyl (C=O) groups is 1. The molecule has 0 heterocycles. The minimum Gasteiger partial charge on any atom is -0.492 e. The molecule has 29 heavy (non-hydrogen) atoms. The molecule has 0 saturated carbocycles. The third-order valence-corrected chi connectivity index (χ3v) is 5.27. The van der Waals surface area contributed by atoms with Crippen LogP contribution in [0.5, 0.6) is 11.5 Å². The number of anilines is 1. The van der Waals surface area contributed by atoms with Crippen molar-refractivity contribution >= 4 is 21.6 Å². The fourth-order valence-electron chi connectivity index (χ4n) is 2.69. The summed E-state index contributed by atoms with van der Waals surface area (Å²) in [5.74, 6) is 0.707. The van der Waals surface area contributed by atoms with Crippen LogP contribution >= 0.6 is 0 Å². The SMILES string of the molecule is CCOc1ccccc1N(CC(=O)NCCOc1ccc(CC)cc1)S(C)(=O)=O. The van der Waals surface area contributed by atoms with Crippen molar-refractivity contribution in [2.75, 3.05) is 36.9 Å². The number of carbonyl (C=O) groups excluding carboxylic acids is 1. The molecule has 2 aromatic rings. The molecule has 158 valence electrons. The van der Waals surface area contributed by atoms with E-state index < -0.39 is 15.9 Å². The summed E-state index contributed by atoms with van der Waals surface area (Å²) in [5, 5.41) is 2.69. The Balaban J connectivity index is 1.93. The highest BCUT2D eigenvalue weighted by atomic mass is 32.2. The number of hydrogen-bond acceptors (Lipinski definition) is 5. The monoisotopic (exact) mass is 420 g/mol. The Morgan fingerprint density at radius 3 is 2.34 bits per heavy atom. The third-order valence-electron chi connectivity index (χ3n) is 4.15. The van der Waals surface area contributed by atoms with Crippen LogP contribution in [0.4, 0.5) is 5.69 Å². The van der Waals surface area contributed by atoms with Crippen LogP contribution in [0, 0.1) is 0 Å². The van der Waals surface area contributed by atoms with Gasteiger partial charge in [0.2, 0.25) is 15.9 Å². The van der Waals surface area contributed by atoms with Crippen LogP contribution in [0.15, 0.2) is 48.5 Å². The molecule has 0 unspecified atom stereocenters. The second-order valence-corrected chi connectivity index (χ2v) is 8.27. The largest absolute Gasteiger partial charge is 0.492 e. The molecule has 1 amide bonds. The van der Waals surface area contributed by atoms with Gasteiger partial charge in [0.25, 0.3) is 0 Å². The summed E-state index contributed by atoms with van der Waals surface area (Å²) >= 11 is 0. The van der Waals surface area contributed by atoms with Gasteiger partial charge in [0.1, 0.15) is 24.7 Å². The lowest BCUT2D eigenvalue weighted by Gasteiger charge is -2.24. The van der Waals surface area contributed by atoms with Crippen molar-refractivity contribution < 1.29 is 22.7 Å². The molecule has 1 N–H and O–H groups in total. The molecule has 0 atom stereocenters. The zero-order chi connectivity index (χ0) is 21.3. The van der Waals surface area contributed by atoms with Gasteiger partial charge in [0, 0.05) is 0 Å². The van der Waals surface area contributed by atoms with E-state index in [-0.39, 0.29) is 19.7 Å². The fraction of sp³-hybridized carbons (Fsp3) is 0.381. The summed E-state index contributed by atoms with van der Waals surface area (Å²) < 4.78 is 36.7. The number of amides is 1. The van der Waals surface area contributed by atoms with Gasteiger partial charge in [0.05, 0.1) is 25.1 Å². The standard InChI is InChI=1S/C21H28N2O5S/c1-4-17-10-12-18(13-11-17)28-15-14-22-21(24)16-23(29(3,25)26)19-8-6-7-9-20(19)27-5-2/h6-13H,4-5,14-16H2,1-3H3,(H,22,24). The molecule has 2 aromatic carbocycles. The Bertz CT molecular complexity index is 898. The van der Waals surface area contributed by atoms with Crippen molar-refractivity contribution in [2.24, 2.45) is 0 Å². The molecule has 0 radical (unpaired) electrons. The average Bonchev–Trinajstić information content (AvgIpc) is 2.70. The summed E-state index contributed by atoms with van der Waals surface area (Å²) in [4.78, 5) is 12.3. The van der Waals surface area contributed by atoms with E-state index in [4.69, 9.17) is 9.47 Å². The van der Waals surface area contributed by atoms with Crippen molar-refractivity contribution in [1.29, 1.82) is 0 Å². The van der Waals surface area contributed by atoms with Crippen LogP contribution in [0.1, 0.15) is 19.4 Å². The maximum atomic E-state index is 12.3. The molecular formula is C21H28N2O5S. The van der Waals surface area contributed by atoms with E-state index in [0.29, 0.717) is 18.0 Å². The predicted molar refractivity (Wildman–Crippen MR) is 114 cm³/mol. The van der Waals surface area contributed by atoms with Gasteiger partial charge in [-0.2, -0.15) is 0 Å². The Morgan fingerprint density at radius 1 is 1.03 bits per heavy atom. The van der Waals surface area contributed by atoms with Gasteiger partial charge in [-0.3, -0.25) is 9.10 Å². The number of ether oxygens (including phenoxy) is 2. The number of benzene rings is 2. The van der Waals surface area contributed by atoms with E-state index in [1.165, 1.54) is 5.56 Å². The van der Waals surface area contributed by atoms with Crippen LogP contribution < -0.4 is 19.1 Å². The predicted octanol–water partition coefficient (Wildman–Crippen LogP) is 2.61. The highest BCUT2D eigenvalue weighted by Crippen LogP contribution is 2.29. The number of hydrogen-bond donors (Lipinski definition) is 1. The minimum absolute atomic E-state index is 0.263. The Kier molecular flexibility index (Phi) is 8.33. The summed E-state index contributed by atoms with van der Waals surface area (Å²) in [5.41, 5.74) is 1.55. The van der Waals surface area contributed by atoms with E-state index in [1.54, 1.807) is 24.3 Å². The lowest BCUT2D eigenvalue weighted by molar-refractivity contribution is -0.119. The van der Waals surface area contributed by atoms with Crippen molar-refractivity contribution in [2.45, 2.75) is 20.3 Å². The topological polar surface area (TPSA) is 84.9 Å². The Hall–Kier alpha value is -2.74. The minimum atomic E-state index is -3.67. The number of sulfonamides is 1. The number of para-hydroxylation sites is 2. The summed E-state index contributed by atoms with van der Waals surface area (Å²) in [6, 6.07) is 14.5. The van der Waals surface area contributed by atoms with Gasteiger partial charge in [-0.25, -0.2) is 8.42 Å². The number of nitrogens with zero attached hydrogens (tertiary/aromatic N) is 1. The Labute approximate surface area is 172 Å². The molecule has 0 aromatic heterocycles. The smallest absolute Gasteiger partial charge is 0.240 e. The number of aryl methyl sites for hydroxylation is 1. The summed E-state index contributed by atoms with van der Waals surface area (Å²) in [7, 11) is -3.67. The zero-order valence-corrected chi connectivity index (χ0v) is 17.9. The van der Waals surface area contributed by atoms with Crippen molar-refractivity contribution in [3.63, 3.8) is 0 Å². The molecule has 7 nitrogen and oxygen atoms in total. The van der Waals surface area contributed by atoms with Crippen LogP contribution in [0.25, 0.3) is 0 Å². The molecule has 0 aliphatic carbocycles. The number of nitrogens with one attached hydrogen (secondary N) is 1. The van der Waals surface area contributed by atoms with Gasteiger partial charge in [-0.05, 0) is 43.2 Å². The lowest BCUT2D eigenvalue weighted by Crippen LogP contribution is -2.41. The molecule has 0 aliphatic heterocycles. The maximum absolute atomic E-state index is 12.3. The van der Waals surface area contributed by atoms with Crippen LogP contribution in [0.2, 0.25) is 0 Å². The van der Waals surface area contributed by atoms with Gasteiger partial charge in [-0.15, -0.1) is 0 Å². The van der Waals surface area contributed by atoms with E-state index in [2.05, 4.69) is 12.2 Å². The Morgan fingerprint density at radius 2 is 1.72 bits per heavy atom. The molecule has 8 heteroatoms. The van der Waals surface area contributed by atoms with Crippen molar-refractivity contribution in [3.8, 4) is 11.5 Å². The molecule has 0 aliphatic rings. The van der Waals surface area contributed by atoms with Gasteiger partial charge in [0.15, 0.2) is 0 Å². The van der Waals surface area contributed by atoms with Gasteiger partial charge < -0.3 is 14.8 Å². The van der Waals surface area contributed by atoms with Crippen LogP contribution in [0.3, 0.4) is 0 Å². The average molecular weight is 421 g/mol. The maximum Gasteiger partial charge on any atom is 0.240 e. The normalized spacial score (nSPS) is 11.0. The highest BCUT2D eigenvalue weighted by molar-refractivity contribution is 7.92. The molecule has 0 saturated heterocycles. The van der Waals surface area contributed by atoms with Gasteiger partial charge >= 0.3 is 0 Å². The lowest BCUT2D eigenvalue weighted by atomic mass is 10.2. The van der Waals surface area contributed by atoms with E-state index in [1.807, 2.05) is 31.2 Å². The first kappa shape index (κ1) is 22.5. The van der Waals surface area contributed by atoms with E-state index in [0.717, 1.165) is 22.7 Å². The summed E-state index contributed by atoms with van der Waals surface area (Å²) in [6.45, 7) is 4.48. The van der Waals surface area contributed by atoms with Crippen molar-refractivity contribution in [3.05, 3.63) is 54.1 Å². The molecule has 0 spiro atoms. The molecular weight excluding hydrogens is 392 g/mol. The fourth-order valence-corrected chi connectivity index (χ4v) is 3.55. The quantitative estimate of drug-likeness (QED) is 0.565. The van der Waals surface area contributed by atoms with Gasteiger partial charge in [-0.1, -0.05) is 31.2 Å². The molecule has 0 fully saturated rings. The molecule has 2 rings (SSSR count). The molecule has 0 bridgehead atoms. The number of rotatable bonds is 11. The second kappa shape index (κ2) is 10.7. The first-order chi connectivity index (χ1) is 13.8. The van der Waals surface area contributed by atoms with Crippen LogP contribution in [-0.4, -0.2) is 46.9 Å². The van der Waals surface area contributed by atoms with E-state index in [9.17, 15) is 13.2 Å². The first-order valence-corrected chi connectivity index (χ1v) is 11.4. The van der Waals surface area contributed by atoms with Crippen LogP contribution in [-0.2, 0) is 21.2 Å². The second-order valence-electron chi connectivity index (χ2n) is 6.37. The zero-order valence-electron chi connectivity index (χ0n) is 17.1. The summed E-state index contributed by atoms with van der Waals surface area (Å²) in [6.07, 6.45) is 2.02. The van der Waals surface area contributed by atoms with E-state index >= 15 is 0 Å². The van der Waals surface area contributed by atoms with Crippen molar-refractivity contribution in [1.82, 2.24) is 5.32 Å². The first-order valence-electron chi connectivity index (χ1n) is 9.53. The highest BCUT2D eigenvalue weighted by Gasteiger charge is 2.23. The third kappa shape index (κ3) is 6.98.